The van der Waals surface area contributed by atoms with E-state index in [1.807, 2.05) is 83.1 Å². The third-order valence-electron chi connectivity index (χ3n) is 14.5. The molecule has 0 aliphatic heterocycles. The van der Waals surface area contributed by atoms with E-state index in [1.54, 1.807) is 64.4 Å². The molecule has 0 radical (unpaired) electrons. The highest BCUT2D eigenvalue weighted by Gasteiger charge is 2.40. The van der Waals surface area contributed by atoms with Gasteiger partial charge in [-0.25, -0.2) is 17.6 Å². The van der Waals surface area contributed by atoms with Crippen molar-refractivity contribution in [1.82, 2.24) is 0 Å². The van der Waals surface area contributed by atoms with Gasteiger partial charge >= 0.3 is 0 Å². The first-order valence-electron chi connectivity index (χ1n) is 23.5. The summed E-state index contributed by atoms with van der Waals surface area (Å²) in [6.45, 7) is 18.5. The summed E-state index contributed by atoms with van der Waals surface area (Å²) >= 11 is 0. The van der Waals surface area contributed by atoms with Crippen LogP contribution in [-0.2, 0) is 17.3 Å². The molecule has 2 aliphatic carbocycles. The van der Waals surface area contributed by atoms with Crippen LogP contribution in [0.2, 0.25) is 0 Å². The fraction of sp³-hybridized carbons (Fsp3) is 0.226. The number of fused-ring (bicyclic) bond motifs is 6. The topological polar surface area (TPSA) is 6.48 Å². The summed E-state index contributed by atoms with van der Waals surface area (Å²) in [6, 6.07) is 50.7. The van der Waals surface area contributed by atoms with Crippen LogP contribution in [-0.4, -0.2) is 11.1 Å². The minimum atomic E-state index is -1.05. The molecule has 0 saturated carbocycles. The van der Waals surface area contributed by atoms with Crippen LogP contribution >= 0.6 is 0 Å². The first-order valence-corrected chi connectivity index (χ1v) is 23.5. The minimum absolute atomic E-state index is 0.195. The van der Waals surface area contributed by atoms with Gasteiger partial charge in [-0.2, -0.15) is 0 Å². The third-order valence-corrected chi connectivity index (χ3v) is 14.5. The van der Waals surface area contributed by atoms with Crippen molar-refractivity contribution in [2.24, 2.45) is 0 Å². The average molecular weight is 905 g/mol. The number of hydrogen-bond donors (Lipinski definition) is 0. The van der Waals surface area contributed by atoms with Gasteiger partial charge in [-0.15, -0.1) is 0 Å². The molecule has 342 valence electrons. The van der Waals surface area contributed by atoms with E-state index in [2.05, 4.69) is 76.2 Å². The molecule has 0 spiro atoms. The zero-order chi connectivity index (χ0) is 48.1. The van der Waals surface area contributed by atoms with Crippen molar-refractivity contribution in [1.29, 1.82) is 0 Å². The number of benzene rings is 8. The maximum atomic E-state index is 18.1. The smallest absolute Gasteiger partial charge is 0.154 e. The number of nitrogens with zero attached hydrogens (tertiary/aromatic N) is 2. The van der Waals surface area contributed by atoms with Gasteiger partial charge in [-0.1, -0.05) is 143 Å². The van der Waals surface area contributed by atoms with E-state index in [0.717, 1.165) is 33.4 Å². The molecule has 0 N–H and O–H groups in total. The molecule has 2 aliphatic rings. The summed E-state index contributed by atoms with van der Waals surface area (Å²) in [5, 5.41) is 0. The van der Waals surface area contributed by atoms with E-state index in [4.69, 9.17) is 0 Å². The first-order chi connectivity index (χ1) is 32.3. The predicted octanol–water partition coefficient (Wildman–Crippen LogP) is 17.3. The SMILES string of the molecule is CC1(C)c2ccccc2-c2cc(-c3cccc(N(c4ccccc4F)C(C)(C)Cc4cc(-c5cccc6c5-c5ccccc5C6(C)C)c(F)c(N(c5ccccc5F)C(C)(C)C)c4)c3F)ccc21. The van der Waals surface area contributed by atoms with E-state index < -0.39 is 34.3 Å². The summed E-state index contributed by atoms with van der Waals surface area (Å²) in [5.41, 5.74) is 10.1. The lowest BCUT2D eigenvalue weighted by Crippen LogP contribution is -2.44. The summed E-state index contributed by atoms with van der Waals surface area (Å²) in [7, 11) is 0. The molecule has 0 atom stereocenters. The van der Waals surface area contributed by atoms with Gasteiger partial charge < -0.3 is 9.80 Å². The fourth-order valence-electron chi connectivity index (χ4n) is 11.4. The van der Waals surface area contributed by atoms with Crippen LogP contribution in [0.15, 0.2) is 164 Å². The van der Waals surface area contributed by atoms with Crippen molar-refractivity contribution < 1.29 is 17.6 Å². The highest BCUT2D eigenvalue weighted by Crippen LogP contribution is 2.54. The maximum absolute atomic E-state index is 18.1. The van der Waals surface area contributed by atoms with Crippen molar-refractivity contribution >= 4 is 22.7 Å². The number of hydrogen-bond acceptors (Lipinski definition) is 2. The molecule has 0 heterocycles. The molecule has 0 saturated heterocycles. The average Bonchev–Trinajstić information content (AvgIpc) is 3.68. The third kappa shape index (κ3) is 7.14. The van der Waals surface area contributed by atoms with Crippen LogP contribution in [0.4, 0.5) is 40.3 Å². The van der Waals surface area contributed by atoms with Crippen molar-refractivity contribution in [3.8, 4) is 44.5 Å². The van der Waals surface area contributed by atoms with Crippen LogP contribution in [0.1, 0.15) is 90.1 Å². The van der Waals surface area contributed by atoms with Gasteiger partial charge in [-0.3, -0.25) is 0 Å². The fourth-order valence-corrected chi connectivity index (χ4v) is 11.4. The normalized spacial score (nSPS) is 14.2. The van der Waals surface area contributed by atoms with Crippen molar-refractivity contribution in [2.75, 3.05) is 9.80 Å². The van der Waals surface area contributed by atoms with Gasteiger partial charge in [-0.05, 0) is 151 Å². The highest BCUT2D eigenvalue weighted by atomic mass is 19.1. The largest absolute Gasteiger partial charge is 0.331 e. The Balaban J connectivity index is 1.16. The van der Waals surface area contributed by atoms with Crippen molar-refractivity contribution in [3.05, 3.63) is 215 Å². The molecule has 0 unspecified atom stereocenters. The number of rotatable bonds is 9. The minimum Gasteiger partial charge on any atom is -0.331 e. The van der Waals surface area contributed by atoms with E-state index in [9.17, 15) is 0 Å². The van der Waals surface area contributed by atoms with Crippen LogP contribution in [0.5, 0.6) is 0 Å². The molecule has 68 heavy (non-hydrogen) atoms. The molecule has 0 bridgehead atoms. The van der Waals surface area contributed by atoms with Crippen LogP contribution in [0, 0.1) is 23.3 Å². The molecule has 8 aromatic rings. The summed E-state index contributed by atoms with van der Waals surface area (Å²) in [6.07, 6.45) is 0.211. The van der Waals surface area contributed by atoms with Gasteiger partial charge in [0.1, 0.15) is 11.6 Å². The van der Waals surface area contributed by atoms with E-state index in [1.165, 1.54) is 23.3 Å². The second-order valence-electron chi connectivity index (χ2n) is 21.2. The zero-order valence-electron chi connectivity index (χ0n) is 40.2. The molecule has 8 aromatic carbocycles. The Labute approximate surface area is 398 Å². The first kappa shape index (κ1) is 44.9. The van der Waals surface area contributed by atoms with E-state index in [0.29, 0.717) is 27.8 Å². The standard InChI is InChI=1S/C62H56F4N2/c1-59(2,3)67(52-29-16-14-27-50(52)63)55-35-38(34-45(58(55)66)42-23-18-26-49-56(42)43-21-11-13-25-47(43)62(49,8)9)37-60(4,5)68(53-30-17-15-28-51(53)64)54-31-19-22-40(57(54)65)39-32-33-48-44(36-39)41-20-10-12-24-46(41)61(48,6)7/h10-36H,37H2,1-9H3. The zero-order valence-corrected chi connectivity index (χ0v) is 40.2. The monoisotopic (exact) mass is 904 g/mol. The molecule has 10 rings (SSSR count). The van der Waals surface area contributed by atoms with Crippen molar-refractivity contribution in [2.45, 2.75) is 90.6 Å². The Morgan fingerprint density at radius 1 is 0.397 bits per heavy atom. The molecule has 6 heteroatoms. The van der Waals surface area contributed by atoms with Gasteiger partial charge in [0, 0.05) is 33.0 Å². The highest BCUT2D eigenvalue weighted by molar-refractivity contribution is 5.94. The molecular formula is C62H56F4N2. The predicted molar refractivity (Wildman–Crippen MR) is 273 cm³/mol. The maximum Gasteiger partial charge on any atom is 0.154 e. The Bertz CT molecular complexity index is 3300. The molecule has 0 amide bonds. The number of para-hydroxylation sites is 2. The Morgan fingerprint density at radius 3 is 1.54 bits per heavy atom. The van der Waals surface area contributed by atoms with Crippen molar-refractivity contribution in [3.63, 3.8) is 0 Å². The van der Waals surface area contributed by atoms with Gasteiger partial charge in [0.15, 0.2) is 11.6 Å². The molecule has 2 nitrogen and oxygen atoms in total. The Hall–Kier alpha value is -6.92. The van der Waals surface area contributed by atoms with Gasteiger partial charge in [0.05, 0.1) is 22.7 Å². The lowest BCUT2D eigenvalue weighted by molar-refractivity contribution is 0.482. The Morgan fingerprint density at radius 2 is 0.882 bits per heavy atom. The van der Waals surface area contributed by atoms with Gasteiger partial charge in [0.2, 0.25) is 0 Å². The second kappa shape index (κ2) is 16.1. The molecular weight excluding hydrogens is 849 g/mol. The molecule has 0 aromatic heterocycles. The van der Waals surface area contributed by atoms with Gasteiger partial charge in [0.25, 0.3) is 0 Å². The summed E-state index contributed by atoms with van der Waals surface area (Å²) in [4.78, 5) is 3.47. The second-order valence-corrected chi connectivity index (χ2v) is 21.2. The summed E-state index contributed by atoms with van der Waals surface area (Å²) < 4.78 is 68.4. The summed E-state index contributed by atoms with van der Waals surface area (Å²) in [5.74, 6) is -1.98. The van der Waals surface area contributed by atoms with E-state index in [-0.39, 0.29) is 40.0 Å². The lowest BCUT2D eigenvalue weighted by Gasteiger charge is -2.42. The quantitative estimate of drug-likeness (QED) is 0.133. The number of anilines is 4. The Kier molecular flexibility index (Phi) is 10.6. The molecule has 0 fully saturated rings. The van der Waals surface area contributed by atoms with Crippen LogP contribution < -0.4 is 9.80 Å². The lowest BCUT2D eigenvalue weighted by atomic mass is 9.81. The van der Waals surface area contributed by atoms with Crippen LogP contribution in [0.3, 0.4) is 0 Å². The van der Waals surface area contributed by atoms with E-state index >= 15 is 17.6 Å². The van der Waals surface area contributed by atoms with Crippen LogP contribution in [0.25, 0.3) is 44.5 Å². The number of halogens is 4.